The Hall–Kier alpha value is -1.65. The number of halogens is 1. The Morgan fingerprint density at radius 2 is 1.56 bits per heavy atom. The van der Waals surface area contributed by atoms with Gasteiger partial charge < -0.3 is 10.6 Å². The van der Waals surface area contributed by atoms with Crippen molar-refractivity contribution in [2.45, 2.75) is 25.8 Å². The Morgan fingerprint density at radius 3 is 2.15 bits per heavy atom. The zero-order valence-corrected chi connectivity index (χ0v) is 18.8. The summed E-state index contributed by atoms with van der Waals surface area (Å²) in [6.45, 7) is 4.02. The minimum Gasteiger partial charge on any atom is -0.357 e. The normalized spacial score (nSPS) is 11.6. The molecule has 8 heteroatoms. The van der Waals surface area contributed by atoms with Gasteiger partial charge >= 0.3 is 0 Å². The fourth-order valence-electron chi connectivity index (χ4n) is 2.33. The number of benzene rings is 2. The first-order chi connectivity index (χ1) is 12.5. The Labute approximate surface area is 178 Å². The van der Waals surface area contributed by atoms with Crippen LogP contribution in [0.2, 0.25) is 0 Å². The van der Waals surface area contributed by atoms with E-state index < -0.39 is 10.0 Å². The molecule has 0 radical (unpaired) electrons. The van der Waals surface area contributed by atoms with Crippen LogP contribution in [0.5, 0.6) is 0 Å². The molecule has 0 fully saturated rings. The zero-order chi connectivity index (χ0) is 18.8. The van der Waals surface area contributed by atoms with Crippen LogP contribution in [0, 0.1) is 0 Å². The second-order valence-electron chi connectivity index (χ2n) is 5.81. The Kier molecular flexibility index (Phi) is 10.3. The van der Waals surface area contributed by atoms with Gasteiger partial charge in [0.25, 0.3) is 0 Å². The highest BCUT2D eigenvalue weighted by Gasteiger charge is 2.08. The third kappa shape index (κ3) is 8.72. The van der Waals surface area contributed by atoms with E-state index in [1.165, 1.54) is 7.05 Å². The summed E-state index contributed by atoms with van der Waals surface area (Å²) in [6.07, 6.45) is 0. The number of nitrogens with zero attached hydrogens (tertiary/aromatic N) is 1. The van der Waals surface area contributed by atoms with Gasteiger partial charge in [0.2, 0.25) is 10.0 Å². The molecule has 0 atom stereocenters. The van der Waals surface area contributed by atoms with Crippen molar-refractivity contribution in [1.29, 1.82) is 0 Å². The second kappa shape index (κ2) is 11.9. The van der Waals surface area contributed by atoms with Crippen LogP contribution >= 0.6 is 24.0 Å². The molecule has 3 N–H and O–H groups in total. The number of rotatable bonds is 8. The smallest absolute Gasteiger partial charge is 0.215 e. The van der Waals surface area contributed by atoms with Crippen molar-refractivity contribution >= 4 is 40.0 Å². The minimum absolute atomic E-state index is 0. The van der Waals surface area contributed by atoms with E-state index in [0.29, 0.717) is 13.1 Å². The summed E-state index contributed by atoms with van der Waals surface area (Å²) >= 11 is 0. The summed E-state index contributed by atoms with van der Waals surface area (Å²) in [6, 6.07) is 17.6. The van der Waals surface area contributed by atoms with Crippen LogP contribution in [0.4, 0.5) is 0 Å². The first kappa shape index (κ1) is 23.4. The molecule has 0 saturated heterocycles. The molecule has 0 amide bonds. The van der Waals surface area contributed by atoms with E-state index in [2.05, 4.69) is 20.3 Å². The van der Waals surface area contributed by atoms with Crippen molar-refractivity contribution < 1.29 is 8.42 Å². The maximum atomic E-state index is 11.6. The summed E-state index contributed by atoms with van der Waals surface area (Å²) in [4.78, 5) is 4.58. The molecule has 2 aromatic carbocycles. The first-order valence-electron chi connectivity index (χ1n) is 8.57. The van der Waals surface area contributed by atoms with E-state index >= 15 is 0 Å². The third-order valence-electron chi connectivity index (χ3n) is 3.76. The van der Waals surface area contributed by atoms with Gasteiger partial charge in [-0.05, 0) is 30.7 Å². The van der Waals surface area contributed by atoms with Gasteiger partial charge in [-0.3, -0.25) is 0 Å². The second-order valence-corrected chi connectivity index (χ2v) is 7.74. The standard InChI is InChI=1S/C19H26N4O2S.HI/c1-3-21-19(22-13-16-7-5-4-6-8-16)23-14-17-9-11-18(12-10-17)15-26(24,25)20-2;/h4-12,20H,3,13-15H2,1-2H3,(H2,21,22,23);1H. The Morgan fingerprint density at radius 1 is 0.926 bits per heavy atom. The van der Waals surface area contributed by atoms with E-state index in [0.717, 1.165) is 29.2 Å². The van der Waals surface area contributed by atoms with Gasteiger partial charge in [-0.15, -0.1) is 24.0 Å². The molecule has 148 valence electrons. The van der Waals surface area contributed by atoms with Crippen LogP contribution in [0.25, 0.3) is 0 Å². The van der Waals surface area contributed by atoms with E-state index in [4.69, 9.17) is 0 Å². The van der Waals surface area contributed by atoms with Gasteiger partial charge in [0.1, 0.15) is 0 Å². The molecule has 0 unspecified atom stereocenters. The van der Waals surface area contributed by atoms with Crippen molar-refractivity contribution in [2.24, 2.45) is 4.99 Å². The summed E-state index contributed by atoms with van der Waals surface area (Å²) in [5, 5.41) is 6.52. The predicted molar refractivity (Wildman–Crippen MR) is 122 cm³/mol. The maximum absolute atomic E-state index is 11.6. The molecule has 27 heavy (non-hydrogen) atoms. The lowest BCUT2D eigenvalue weighted by atomic mass is 10.1. The molecule has 0 heterocycles. The van der Waals surface area contributed by atoms with Gasteiger partial charge in [0, 0.05) is 13.1 Å². The van der Waals surface area contributed by atoms with E-state index in [9.17, 15) is 8.42 Å². The average Bonchev–Trinajstić information content (AvgIpc) is 2.66. The molecule has 2 rings (SSSR count). The van der Waals surface area contributed by atoms with Crippen molar-refractivity contribution in [3.63, 3.8) is 0 Å². The molecule has 0 saturated carbocycles. The molecule has 0 spiro atoms. The third-order valence-corrected chi connectivity index (χ3v) is 5.09. The van der Waals surface area contributed by atoms with E-state index in [1.54, 1.807) is 0 Å². The molecular formula is C19H27IN4O2S. The number of nitrogens with one attached hydrogen (secondary N) is 3. The van der Waals surface area contributed by atoms with Crippen molar-refractivity contribution in [3.8, 4) is 0 Å². The molecule has 6 nitrogen and oxygen atoms in total. The van der Waals surface area contributed by atoms with Crippen LogP contribution in [-0.4, -0.2) is 28.0 Å². The van der Waals surface area contributed by atoms with Crippen LogP contribution < -0.4 is 15.4 Å². The highest BCUT2D eigenvalue weighted by molar-refractivity contribution is 14.0. The topological polar surface area (TPSA) is 82.6 Å². The van der Waals surface area contributed by atoms with Gasteiger partial charge in [0.05, 0.1) is 12.3 Å². The number of sulfonamides is 1. The van der Waals surface area contributed by atoms with Gasteiger partial charge in [-0.1, -0.05) is 54.6 Å². The summed E-state index contributed by atoms with van der Waals surface area (Å²) < 4.78 is 25.5. The summed E-state index contributed by atoms with van der Waals surface area (Å²) in [7, 11) is -1.83. The molecule has 0 aliphatic carbocycles. The van der Waals surface area contributed by atoms with Crippen LogP contribution in [-0.2, 0) is 28.9 Å². The van der Waals surface area contributed by atoms with Gasteiger partial charge in [-0.2, -0.15) is 0 Å². The number of aliphatic imine (C=N–C) groups is 1. The van der Waals surface area contributed by atoms with Gasteiger partial charge in [-0.25, -0.2) is 18.1 Å². The van der Waals surface area contributed by atoms with Crippen molar-refractivity contribution in [3.05, 3.63) is 71.3 Å². The number of guanidine groups is 1. The molecule has 2 aromatic rings. The highest BCUT2D eigenvalue weighted by Crippen LogP contribution is 2.08. The lowest BCUT2D eigenvalue weighted by molar-refractivity contribution is 0.587. The Balaban J connectivity index is 0.00000364. The first-order valence-corrected chi connectivity index (χ1v) is 10.2. The highest BCUT2D eigenvalue weighted by atomic mass is 127. The molecule has 0 aliphatic heterocycles. The molecular weight excluding hydrogens is 475 g/mol. The number of hydrogen-bond acceptors (Lipinski definition) is 3. The van der Waals surface area contributed by atoms with Crippen LogP contribution in [0.15, 0.2) is 59.6 Å². The van der Waals surface area contributed by atoms with E-state index in [-0.39, 0.29) is 29.7 Å². The average molecular weight is 502 g/mol. The Bertz CT molecular complexity index is 809. The predicted octanol–water partition coefficient (Wildman–Crippen LogP) is 2.61. The maximum Gasteiger partial charge on any atom is 0.215 e. The largest absolute Gasteiger partial charge is 0.357 e. The lowest BCUT2D eigenvalue weighted by Crippen LogP contribution is -2.36. The lowest BCUT2D eigenvalue weighted by Gasteiger charge is -2.12. The van der Waals surface area contributed by atoms with Crippen LogP contribution in [0.3, 0.4) is 0 Å². The quantitative estimate of drug-likeness (QED) is 0.295. The molecule has 0 bridgehead atoms. The molecule has 0 aromatic heterocycles. The van der Waals surface area contributed by atoms with Gasteiger partial charge in [0.15, 0.2) is 5.96 Å². The summed E-state index contributed by atoms with van der Waals surface area (Å²) in [5.74, 6) is 0.733. The minimum atomic E-state index is -3.25. The molecule has 0 aliphatic rings. The number of hydrogen-bond donors (Lipinski definition) is 3. The SMILES string of the molecule is CCNC(=NCc1ccccc1)NCc1ccc(CS(=O)(=O)NC)cc1.I. The zero-order valence-electron chi connectivity index (χ0n) is 15.6. The van der Waals surface area contributed by atoms with Crippen LogP contribution in [0.1, 0.15) is 23.6 Å². The monoisotopic (exact) mass is 502 g/mol. The fourth-order valence-corrected chi connectivity index (χ4v) is 3.10. The summed E-state index contributed by atoms with van der Waals surface area (Å²) in [5.41, 5.74) is 2.97. The fraction of sp³-hybridized carbons (Fsp3) is 0.316. The van der Waals surface area contributed by atoms with Crippen molar-refractivity contribution in [2.75, 3.05) is 13.6 Å². The van der Waals surface area contributed by atoms with Crippen molar-refractivity contribution in [1.82, 2.24) is 15.4 Å². The van der Waals surface area contributed by atoms with E-state index in [1.807, 2.05) is 61.5 Å².